The Morgan fingerprint density at radius 1 is 0.833 bits per heavy atom. The second-order valence-electron chi connectivity index (χ2n) is 7.96. The summed E-state index contributed by atoms with van der Waals surface area (Å²) in [6.45, 7) is 10.3. The molecule has 0 rings (SSSR count). The normalized spacial score (nSPS) is 14.1. The van der Waals surface area contributed by atoms with Gasteiger partial charge in [-0.1, -0.05) is 33.5 Å². The number of carbonyl (C=O) groups excluding carboxylic acids is 2. The molecule has 0 N–H and O–H groups in total. The Balaban J connectivity index is 3.87. The molecule has 0 aliphatic rings. The zero-order chi connectivity index (χ0) is 23.2. The fraction of sp³-hybridized carbons (Fsp3) is 0.882. The lowest BCUT2D eigenvalue weighted by Gasteiger charge is -2.24. The van der Waals surface area contributed by atoms with Crippen molar-refractivity contribution in [2.24, 2.45) is 11.8 Å². The van der Waals surface area contributed by atoms with Gasteiger partial charge in [-0.05, 0) is 5.75 Å². The first kappa shape index (κ1) is 30.4. The number of ether oxygens (including phenoxy) is 2. The van der Waals surface area contributed by atoms with E-state index in [1.807, 2.05) is 19.7 Å². The van der Waals surface area contributed by atoms with Gasteiger partial charge in [-0.15, -0.1) is 0 Å². The van der Waals surface area contributed by atoms with Gasteiger partial charge in [-0.3, -0.25) is 9.59 Å². The van der Waals surface area contributed by atoms with Crippen molar-refractivity contribution in [3.05, 3.63) is 0 Å². The van der Waals surface area contributed by atoms with Crippen LogP contribution >= 0.6 is 35.0 Å². The van der Waals surface area contributed by atoms with Crippen molar-refractivity contribution >= 4 is 69.6 Å². The zero-order valence-corrected chi connectivity index (χ0v) is 23.8. The summed E-state index contributed by atoms with van der Waals surface area (Å²) in [5.41, 5.74) is 0. The summed E-state index contributed by atoms with van der Waals surface area (Å²) in [6, 6.07) is 0. The fourth-order valence-electron chi connectivity index (χ4n) is 1.83. The third-order valence-corrected chi connectivity index (χ3v) is 10.9. The Labute approximate surface area is 197 Å². The predicted octanol–water partition coefficient (Wildman–Crippen LogP) is 3.33. The van der Waals surface area contributed by atoms with E-state index in [0.717, 1.165) is 10.8 Å². The van der Waals surface area contributed by atoms with E-state index in [1.165, 1.54) is 21.3 Å². The maximum Gasteiger partial charge on any atom is 0.539 e. The Morgan fingerprint density at radius 3 is 1.83 bits per heavy atom. The van der Waals surface area contributed by atoms with Crippen LogP contribution in [0.4, 0.5) is 0 Å². The van der Waals surface area contributed by atoms with E-state index in [4.69, 9.17) is 22.8 Å². The fourth-order valence-corrected chi connectivity index (χ4v) is 6.68. The van der Waals surface area contributed by atoms with Crippen LogP contribution in [0.2, 0.25) is 19.6 Å². The molecular formula is C17H36BO7S3Si2. The molecule has 0 saturated heterocycles. The van der Waals surface area contributed by atoms with Gasteiger partial charge in [-0.2, -0.15) is 23.4 Å². The molecule has 175 valence electrons. The zero-order valence-electron chi connectivity index (χ0n) is 19.4. The molecule has 1 radical (unpaired) electrons. The number of hydrogen-bond acceptors (Lipinski definition) is 10. The summed E-state index contributed by atoms with van der Waals surface area (Å²) >= 11 is 4.93. The Bertz CT molecular complexity index is 500. The minimum absolute atomic E-state index is 0.00198. The van der Waals surface area contributed by atoms with Crippen LogP contribution in [-0.2, 0) is 32.3 Å². The first-order valence-electron chi connectivity index (χ1n) is 9.61. The minimum Gasteiger partial charge on any atom is -0.469 e. The van der Waals surface area contributed by atoms with E-state index >= 15 is 0 Å². The number of esters is 2. The van der Waals surface area contributed by atoms with Crippen molar-refractivity contribution in [3.63, 3.8) is 0 Å². The van der Waals surface area contributed by atoms with Crippen molar-refractivity contribution in [1.29, 1.82) is 0 Å². The first-order chi connectivity index (χ1) is 14.0. The van der Waals surface area contributed by atoms with Gasteiger partial charge in [0, 0.05) is 32.2 Å². The molecule has 2 unspecified atom stereocenters. The summed E-state index contributed by atoms with van der Waals surface area (Å²) in [4.78, 5) is 24.1. The van der Waals surface area contributed by atoms with E-state index in [-0.39, 0.29) is 30.0 Å². The number of rotatable bonds is 17. The van der Waals surface area contributed by atoms with Crippen LogP contribution < -0.4 is 0 Å². The standard InChI is InChI=1S/C17H36BO7S3Si2/c1-14(16(19)24-11-29(6,7)8)9-26-13-28-18-27-10-15(2)17(20)25-12-30(21-3,22-4)23-5/h14-15H,9-13H2,1-8H3. The average molecular weight is 516 g/mol. The molecule has 0 aliphatic heterocycles. The lowest BCUT2D eigenvalue weighted by Crippen LogP contribution is -2.49. The summed E-state index contributed by atoms with van der Waals surface area (Å²) < 4.78 is 26.4. The summed E-state index contributed by atoms with van der Waals surface area (Å²) in [5, 5.41) is 0.848. The molecule has 0 saturated carbocycles. The number of hydrogen-bond donors (Lipinski definition) is 0. The van der Waals surface area contributed by atoms with Gasteiger partial charge in [0.05, 0.1) is 26.1 Å². The second-order valence-corrected chi connectivity index (χ2v) is 19.7. The van der Waals surface area contributed by atoms with Crippen LogP contribution in [0.15, 0.2) is 0 Å². The molecule has 0 aromatic rings. The van der Waals surface area contributed by atoms with E-state index in [0.29, 0.717) is 12.0 Å². The molecular weight excluding hydrogens is 479 g/mol. The monoisotopic (exact) mass is 515 g/mol. The van der Waals surface area contributed by atoms with Crippen LogP contribution in [-0.4, -0.2) is 85.0 Å². The average Bonchev–Trinajstić information content (AvgIpc) is 2.71. The molecule has 7 nitrogen and oxygen atoms in total. The maximum absolute atomic E-state index is 12.1. The second kappa shape index (κ2) is 16.1. The highest BCUT2D eigenvalue weighted by Crippen LogP contribution is 2.20. The van der Waals surface area contributed by atoms with E-state index in [1.54, 1.807) is 35.0 Å². The maximum atomic E-state index is 12.1. The van der Waals surface area contributed by atoms with E-state index in [9.17, 15) is 9.59 Å². The molecule has 0 heterocycles. The predicted molar refractivity (Wildman–Crippen MR) is 134 cm³/mol. The molecule has 0 aliphatic carbocycles. The van der Waals surface area contributed by atoms with E-state index < -0.39 is 16.9 Å². The third-order valence-electron chi connectivity index (χ3n) is 3.78. The molecule has 0 amide bonds. The summed E-state index contributed by atoms with van der Waals surface area (Å²) in [5.74, 6) is 2.62. The van der Waals surface area contributed by atoms with Gasteiger partial charge in [0.15, 0.2) is 6.23 Å². The molecule has 0 bridgehead atoms. The van der Waals surface area contributed by atoms with Crippen LogP contribution in [0.25, 0.3) is 0 Å². The Kier molecular flexibility index (Phi) is 16.3. The lowest BCUT2D eigenvalue weighted by molar-refractivity contribution is -0.147. The van der Waals surface area contributed by atoms with Crippen molar-refractivity contribution in [2.45, 2.75) is 33.5 Å². The van der Waals surface area contributed by atoms with Crippen LogP contribution in [0.3, 0.4) is 0 Å². The highest BCUT2D eigenvalue weighted by molar-refractivity contribution is 8.52. The smallest absolute Gasteiger partial charge is 0.469 e. The number of carbonyl (C=O) groups is 2. The lowest BCUT2D eigenvalue weighted by atomic mass is 10.2. The summed E-state index contributed by atoms with van der Waals surface area (Å²) in [6.07, 6.45) is 0.574. The van der Waals surface area contributed by atoms with Crippen molar-refractivity contribution in [3.8, 4) is 0 Å². The van der Waals surface area contributed by atoms with Crippen molar-refractivity contribution in [1.82, 2.24) is 0 Å². The first-order valence-corrected chi connectivity index (χ1v) is 18.5. The van der Waals surface area contributed by atoms with Gasteiger partial charge < -0.3 is 22.8 Å². The summed E-state index contributed by atoms with van der Waals surface area (Å²) in [7, 11) is 0.164. The van der Waals surface area contributed by atoms with Crippen LogP contribution in [0.5, 0.6) is 0 Å². The molecule has 30 heavy (non-hydrogen) atoms. The molecule has 0 aromatic carbocycles. The van der Waals surface area contributed by atoms with Crippen molar-refractivity contribution < 1.29 is 32.3 Å². The highest BCUT2D eigenvalue weighted by Gasteiger charge is 2.40. The Hall–Kier alpha value is 0.369. The molecule has 0 aromatic heterocycles. The molecule has 0 fully saturated rings. The van der Waals surface area contributed by atoms with Gasteiger partial charge in [0.2, 0.25) is 0 Å². The van der Waals surface area contributed by atoms with Crippen molar-refractivity contribution in [2.75, 3.05) is 50.4 Å². The number of thioether (sulfide) groups is 1. The SMILES string of the molecule is CO[Si](COC(=O)C(C)CS[B]SCSCC(C)C(=O)OC[Si](C)(C)C)(OC)OC. The third kappa shape index (κ3) is 13.7. The minimum atomic E-state index is -2.91. The molecule has 13 heteroatoms. The molecule has 0 spiro atoms. The van der Waals surface area contributed by atoms with Gasteiger partial charge in [-0.25, -0.2) is 11.6 Å². The van der Waals surface area contributed by atoms with Gasteiger partial charge >= 0.3 is 20.7 Å². The van der Waals surface area contributed by atoms with E-state index in [2.05, 4.69) is 19.6 Å². The highest BCUT2D eigenvalue weighted by atomic mass is 32.2. The van der Waals surface area contributed by atoms with Gasteiger partial charge in [0.1, 0.15) is 0 Å². The topological polar surface area (TPSA) is 80.3 Å². The quantitative estimate of drug-likeness (QED) is 0.125. The molecule has 2 atom stereocenters. The van der Waals surface area contributed by atoms with Crippen LogP contribution in [0, 0.1) is 11.8 Å². The largest absolute Gasteiger partial charge is 0.539 e. The van der Waals surface area contributed by atoms with Gasteiger partial charge in [0.25, 0.3) is 5.84 Å². The Morgan fingerprint density at radius 2 is 1.33 bits per heavy atom. The van der Waals surface area contributed by atoms with Crippen LogP contribution in [0.1, 0.15) is 13.8 Å².